The zero-order valence-corrected chi connectivity index (χ0v) is 20.5. The summed E-state index contributed by atoms with van der Waals surface area (Å²) in [6, 6.07) is 20.0. The van der Waals surface area contributed by atoms with Gasteiger partial charge >= 0.3 is 5.97 Å². The Morgan fingerprint density at radius 1 is 1.03 bits per heavy atom. The molecule has 0 saturated heterocycles. The number of carbonyl (C=O) groups excluding carboxylic acids is 2. The molecule has 1 unspecified atom stereocenters. The first kappa shape index (κ1) is 26.6. The number of nitrogens with one attached hydrogen (secondary N) is 2. The maximum absolute atomic E-state index is 13.1. The summed E-state index contributed by atoms with van der Waals surface area (Å²) in [5.74, 6) is -1.80. The zero-order valence-electron chi connectivity index (χ0n) is 19.7. The number of hydrogen-bond donors (Lipinski definition) is 4. The largest absolute Gasteiger partial charge is 0.466 e. The number of carbonyl (C=O) groups is 2. The van der Waals surface area contributed by atoms with Gasteiger partial charge in [-0.05, 0) is 35.7 Å². The van der Waals surface area contributed by atoms with Crippen molar-refractivity contribution in [3.05, 3.63) is 89.5 Å². The molecule has 3 aromatic carbocycles. The number of primary sulfonamides is 1. The van der Waals surface area contributed by atoms with Gasteiger partial charge < -0.3 is 15.8 Å². The van der Waals surface area contributed by atoms with Crippen molar-refractivity contribution in [2.24, 2.45) is 10.9 Å². The molecule has 0 aliphatic carbocycles. The molecule has 0 aliphatic rings. The molecule has 0 fully saturated rings. The van der Waals surface area contributed by atoms with Crippen LogP contribution in [-0.4, -0.2) is 32.7 Å². The van der Waals surface area contributed by atoms with Crippen LogP contribution < -0.4 is 16.2 Å². The van der Waals surface area contributed by atoms with E-state index in [1.807, 2.05) is 0 Å². The molecule has 6 N–H and O–H groups in total. The molecular formula is C26H28N4O5S. The maximum Gasteiger partial charge on any atom is 0.306 e. The second-order valence-electron chi connectivity index (χ2n) is 8.06. The first-order chi connectivity index (χ1) is 17.1. The molecule has 3 aromatic rings. The highest BCUT2D eigenvalue weighted by atomic mass is 32.2. The molecule has 9 nitrogen and oxygen atoms in total. The van der Waals surface area contributed by atoms with Crippen molar-refractivity contribution in [2.45, 2.75) is 30.7 Å². The summed E-state index contributed by atoms with van der Waals surface area (Å²) in [5, 5.41) is 15.8. The molecule has 0 heterocycles. The summed E-state index contributed by atoms with van der Waals surface area (Å²) in [4.78, 5) is 25.4. The van der Waals surface area contributed by atoms with Crippen LogP contribution in [0.3, 0.4) is 0 Å². The fourth-order valence-electron chi connectivity index (χ4n) is 3.76. The fourth-order valence-corrected chi connectivity index (χ4v) is 4.52. The molecule has 1 amide bonds. The standard InChI is InChI=1S/C26H28N4O5S/c1-2-35-24(31)15-22(26(32)30-16-17-6-5-7-20(14-17)25(27)28)19-12-10-18(11-13-19)21-8-3-4-9-23(21)36(29,33)34/h3-14,22H,2,15-16H2,1H3,(H3,27,28)(H,30,32)(H2,29,33,34). The Morgan fingerprint density at radius 2 is 1.72 bits per heavy atom. The summed E-state index contributed by atoms with van der Waals surface area (Å²) in [6.07, 6.45) is -0.166. The van der Waals surface area contributed by atoms with E-state index in [-0.39, 0.29) is 36.2 Å². The Bertz CT molecular complexity index is 1370. The molecule has 1 atom stereocenters. The van der Waals surface area contributed by atoms with Crippen molar-refractivity contribution in [1.82, 2.24) is 5.32 Å². The second kappa shape index (κ2) is 11.6. The molecule has 0 aliphatic heterocycles. The summed E-state index contributed by atoms with van der Waals surface area (Å²) in [5.41, 5.74) is 8.43. The van der Waals surface area contributed by atoms with Crippen LogP contribution >= 0.6 is 0 Å². The molecule has 0 aromatic heterocycles. The lowest BCUT2D eigenvalue weighted by molar-refractivity contribution is -0.145. The minimum atomic E-state index is -3.93. The second-order valence-corrected chi connectivity index (χ2v) is 9.59. The highest BCUT2D eigenvalue weighted by Crippen LogP contribution is 2.29. The Balaban J connectivity index is 1.86. The Hall–Kier alpha value is -4.02. The Morgan fingerprint density at radius 3 is 2.36 bits per heavy atom. The first-order valence-electron chi connectivity index (χ1n) is 11.2. The van der Waals surface area contributed by atoms with E-state index in [9.17, 15) is 18.0 Å². The number of rotatable bonds is 10. The molecule has 188 valence electrons. The third-order valence-corrected chi connectivity index (χ3v) is 6.48. The SMILES string of the molecule is CCOC(=O)CC(C(=O)NCc1cccc(C(=N)N)c1)c1ccc(-c2ccccc2S(N)(=O)=O)cc1. The zero-order chi connectivity index (χ0) is 26.3. The van der Waals surface area contributed by atoms with E-state index in [4.69, 9.17) is 21.0 Å². The van der Waals surface area contributed by atoms with E-state index in [0.29, 0.717) is 22.3 Å². The topological polar surface area (TPSA) is 165 Å². The van der Waals surface area contributed by atoms with Gasteiger partial charge in [0.05, 0.1) is 23.8 Å². The van der Waals surface area contributed by atoms with Gasteiger partial charge in [-0.15, -0.1) is 0 Å². The molecular weight excluding hydrogens is 480 g/mol. The molecule has 0 spiro atoms. The summed E-state index contributed by atoms with van der Waals surface area (Å²) < 4.78 is 29.0. The third kappa shape index (κ3) is 6.77. The quantitative estimate of drug-likeness (QED) is 0.187. The molecule has 3 rings (SSSR count). The smallest absolute Gasteiger partial charge is 0.306 e. The minimum Gasteiger partial charge on any atom is -0.466 e. The molecule has 0 saturated carbocycles. The lowest BCUT2D eigenvalue weighted by Gasteiger charge is -2.18. The van der Waals surface area contributed by atoms with Gasteiger partial charge in [0.15, 0.2) is 0 Å². The number of sulfonamides is 1. The van der Waals surface area contributed by atoms with Crippen molar-refractivity contribution in [2.75, 3.05) is 6.61 Å². The highest BCUT2D eigenvalue weighted by Gasteiger charge is 2.25. The van der Waals surface area contributed by atoms with Crippen LogP contribution in [0.2, 0.25) is 0 Å². The normalized spacial score (nSPS) is 11.9. The van der Waals surface area contributed by atoms with Crippen molar-refractivity contribution in [3.8, 4) is 11.1 Å². The summed E-state index contributed by atoms with van der Waals surface area (Å²) >= 11 is 0. The lowest BCUT2D eigenvalue weighted by atomic mass is 9.92. The Labute approximate surface area is 210 Å². The van der Waals surface area contributed by atoms with Crippen LogP contribution in [0.1, 0.15) is 36.0 Å². The van der Waals surface area contributed by atoms with Gasteiger partial charge in [0.1, 0.15) is 5.84 Å². The third-order valence-electron chi connectivity index (χ3n) is 5.51. The average Bonchev–Trinajstić information content (AvgIpc) is 2.86. The minimum absolute atomic E-state index is 0.00800. The lowest BCUT2D eigenvalue weighted by Crippen LogP contribution is -2.31. The van der Waals surface area contributed by atoms with Gasteiger partial charge in [0.2, 0.25) is 15.9 Å². The van der Waals surface area contributed by atoms with Crippen LogP contribution in [0.4, 0.5) is 0 Å². The number of amides is 1. The summed E-state index contributed by atoms with van der Waals surface area (Å²) in [7, 11) is -3.93. The van der Waals surface area contributed by atoms with Crippen molar-refractivity contribution in [1.29, 1.82) is 5.41 Å². The monoisotopic (exact) mass is 508 g/mol. The van der Waals surface area contributed by atoms with Gasteiger partial charge in [-0.1, -0.05) is 60.7 Å². The highest BCUT2D eigenvalue weighted by molar-refractivity contribution is 7.89. The van der Waals surface area contributed by atoms with Gasteiger partial charge in [-0.2, -0.15) is 0 Å². The van der Waals surface area contributed by atoms with Gasteiger partial charge in [-0.25, -0.2) is 13.6 Å². The van der Waals surface area contributed by atoms with Crippen molar-refractivity contribution in [3.63, 3.8) is 0 Å². The average molecular weight is 509 g/mol. The van der Waals surface area contributed by atoms with Crippen molar-refractivity contribution < 1.29 is 22.7 Å². The maximum atomic E-state index is 13.1. The van der Waals surface area contributed by atoms with Gasteiger partial charge in [-0.3, -0.25) is 15.0 Å². The van der Waals surface area contributed by atoms with Crippen LogP contribution in [0, 0.1) is 5.41 Å². The molecule has 10 heteroatoms. The van der Waals surface area contributed by atoms with E-state index in [1.165, 1.54) is 6.07 Å². The van der Waals surface area contributed by atoms with E-state index in [0.717, 1.165) is 5.56 Å². The Kier molecular flexibility index (Phi) is 8.57. The number of ether oxygens (including phenoxy) is 1. The van der Waals surface area contributed by atoms with Crippen LogP contribution in [0.25, 0.3) is 11.1 Å². The van der Waals surface area contributed by atoms with Gasteiger partial charge in [0, 0.05) is 17.7 Å². The first-order valence-corrected chi connectivity index (χ1v) is 12.7. The van der Waals surface area contributed by atoms with E-state index in [2.05, 4.69) is 5.32 Å². The molecule has 0 radical (unpaired) electrons. The fraction of sp³-hybridized carbons (Fsp3) is 0.192. The van der Waals surface area contributed by atoms with E-state index < -0.39 is 21.9 Å². The summed E-state index contributed by atoms with van der Waals surface area (Å²) in [6.45, 7) is 2.06. The number of hydrogen-bond acceptors (Lipinski definition) is 6. The van der Waals surface area contributed by atoms with E-state index >= 15 is 0 Å². The number of nitrogens with two attached hydrogens (primary N) is 2. The number of nitrogen functional groups attached to an aromatic ring is 1. The predicted octanol–water partition coefficient (Wildman–Crippen LogP) is 2.64. The van der Waals surface area contributed by atoms with Crippen LogP contribution in [-0.2, 0) is 30.9 Å². The number of benzene rings is 3. The van der Waals surface area contributed by atoms with Gasteiger partial charge in [0.25, 0.3) is 0 Å². The number of esters is 1. The molecule has 0 bridgehead atoms. The number of amidine groups is 1. The van der Waals surface area contributed by atoms with Crippen molar-refractivity contribution >= 4 is 27.7 Å². The van der Waals surface area contributed by atoms with Crippen LogP contribution in [0.15, 0.2) is 77.7 Å². The van der Waals surface area contributed by atoms with E-state index in [1.54, 1.807) is 73.7 Å². The van der Waals surface area contributed by atoms with Crippen LogP contribution in [0.5, 0.6) is 0 Å². The predicted molar refractivity (Wildman–Crippen MR) is 137 cm³/mol. The molecule has 36 heavy (non-hydrogen) atoms.